The molecule has 504 valence electrons. The maximum atomic E-state index is 12.6. The number of nitrogens with zero attached hydrogens (tertiary/aromatic N) is 2. The van der Waals surface area contributed by atoms with Gasteiger partial charge in [0.15, 0.2) is 0 Å². The Balaban J connectivity index is 0.000000527. The SMILES string of the molecule is CC(C)c1ccc[n+](O)c1.COc1ccc(C(C)C)cc1.Cc1cc(C(F)(F)F)ccc1C(C)C.Cc1cc(C(F)(F)F)ccc1C(C)C.Cc1cc(Cl)ccc1C(C)C.Cc1cc(F)ccc1C(C)C.Cc1cc(F)ccc1C(C)C.Cc1ccc(C(C)C)cn1. The molecule has 0 bridgehead atoms. The van der Waals surface area contributed by atoms with Gasteiger partial charge in [0, 0.05) is 33.3 Å². The number of hydrogen-bond acceptors (Lipinski definition) is 3. The normalized spacial score (nSPS) is 11.0. The number of pyridine rings is 2. The van der Waals surface area contributed by atoms with Crippen molar-refractivity contribution in [2.45, 2.75) is 212 Å². The smallest absolute Gasteiger partial charge is 0.416 e. The third-order valence-corrected chi connectivity index (χ3v) is 15.1. The lowest BCUT2D eigenvalue weighted by Gasteiger charge is -2.13. The number of aromatic nitrogens is 2. The topological polar surface area (TPSA) is 46.2 Å². The quantitative estimate of drug-likeness (QED) is 0.0890. The molecule has 0 unspecified atom stereocenters. The third-order valence-electron chi connectivity index (χ3n) is 14.9. The molecule has 2 heterocycles. The Morgan fingerprint density at radius 3 is 1.01 bits per heavy atom. The van der Waals surface area contributed by atoms with Gasteiger partial charge in [0.1, 0.15) is 17.4 Å². The lowest BCUT2D eigenvalue weighted by Crippen LogP contribution is -2.28. The zero-order valence-electron chi connectivity index (χ0n) is 58.8. The van der Waals surface area contributed by atoms with Crippen LogP contribution in [0.5, 0.6) is 5.75 Å². The molecular formula is C79H104ClF8N2O2+. The summed E-state index contributed by atoms with van der Waals surface area (Å²) in [6, 6.07) is 40.0. The Bertz CT molecular complexity index is 3200. The van der Waals surface area contributed by atoms with Crippen LogP contribution in [-0.4, -0.2) is 17.3 Å². The Morgan fingerprint density at radius 1 is 0.402 bits per heavy atom. The van der Waals surface area contributed by atoms with Crippen LogP contribution in [0.1, 0.15) is 247 Å². The monoisotopic (exact) mass is 1300 g/mol. The van der Waals surface area contributed by atoms with E-state index in [4.69, 9.17) is 21.5 Å². The van der Waals surface area contributed by atoms with Gasteiger partial charge in [-0.05, 0) is 241 Å². The summed E-state index contributed by atoms with van der Waals surface area (Å²) in [6.45, 7) is 45.0. The molecule has 13 heteroatoms. The predicted molar refractivity (Wildman–Crippen MR) is 369 cm³/mol. The molecule has 0 aliphatic heterocycles. The van der Waals surface area contributed by atoms with E-state index in [1.54, 1.807) is 57.6 Å². The first kappa shape index (κ1) is 83.0. The van der Waals surface area contributed by atoms with E-state index < -0.39 is 23.5 Å². The zero-order chi connectivity index (χ0) is 70.5. The van der Waals surface area contributed by atoms with Gasteiger partial charge in [-0.15, -0.1) is 0 Å². The third kappa shape index (κ3) is 31.0. The fourth-order valence-corrected chi connectivity index (χ4v) is 9.72. The second-order valence-corrected chi connectivity index (χ2v) is 25.8. The maximum Gasteiger partial charge on any atom is 0.416 e. The number of halogens is 9. The van der Waals surface area contributed by atoms with Crippen molar-refractivity contribution in [2.75, 3.05) is 7.11 Å². The van der Waals surface area contributed by atoms with Crippen molar-refractivity contribution in [1.29, 1.82) is 0 Å². The zero-order valence-corrected chi connectivity index (χ0v) is 59.5. The highest BCUT2D eigenvalue weighted by molar-refractivity contribution is 6.30. The largest absolute Gasteiger partial charge is 0.497 e. The summed E-state index contributed by atoms with van der Waals surface area (Å²) in [6.07, 6.45) is -3.21. The summed E-state index contributed by atoms with van der Waals surface area (Å²) in [7, 11) is 1.68. The van der Waals surface area contributed by atoms with Crippen LogP contribution >= 0.6 is 11.6 Å². The predicted octanol–water partition coefficient (Wildman–Crippen LogP) is 25.2. The molecule has 0 spiro atoms. The molecular weight excluding hydrogens is 1200 g/mol. The van der Waals surface area contributed by atoms with Crippen LogP contribution in [0.25, 0.3) is 0 Å². The van der Waals surface area contributed by atoms with Crippen LogP contribution in [0.3, 0.4) is 0 Å². The van der Waals surface area contributed by atoms with E-state index in [9.17, 15) is 35.1 Å². The lowest BCUT2D eigenvalue weighted by atomic mass is 9.96. The molecule has 6 aromatic carbocycles. The minimum atomic E-state index is -4.24. The van der Waals surface area contributed by atoms with E-state index in [1.807, 2.05) is 103 Å². The average molecular weight is 1300 g/mol. The summed E-state index contributed by atoms with van der Waals surface area (Å²) >= 11 is 5.82. The van der Waals surface area contributed by atoms with Gasteiger partial charge >= 0.3 is 12.4 Å². The number of rotatable bonds is 9. The molecule has 92 heavy (non-hydrogen) atoms. The van der Waals surface area contributed by atoms with Crippen LogP contribution in [-0.2, 0) is 12.4 Å². The highest BCUT2D eigenvalue weighted by atomic mass is 35.5. The molecule has 0 aliphatic rings. The van der Waals surface area contributed by atoms with Crippen LogP contribution in [0.4, 0.5) is 35.1 Å². The number of aryl methyl sites for hydroxylation is 6. The number of methoxy groups -OCH3 is 1. The number of ether oxygens (including phenoxy) is 1. The summed E-state index contributed by atoms with van der Waals surface area (Å²) in [4.78, 5) is 4.20. The summed E-state index contributed by atoms with van der Waals surface area (Å²) in [5, 5.41) is 9.80. The van der Waals surface area contributed by atoms with E-state index in [0.29, 0.717) is 46.6 Å². The molecule has 0 saturated carbocycles. The first-order valence-corrected chi connectivity index (χ1v) is 31.9. The highest BCUT2D eigenvalue weighted by Crippen LogP contribution is 2.34. The van der Waals surface area contributed by atoms with E-state index in [2.05, 4.69) is 125 Å². The second-order valence-electron chi connectivity index (χ2n) is 25.4. The number of hydrogen-bond donors (Lipinski definition) is 1. The molecule has 2 aromatic heterocycles. The summed E-state index contributed by atoms with van der Waals surface area (Å²) in [5.74, 6) is 4.37. The van der Waals surface area contributed by atoms with E-state index in [0.717, 1.165) is 61.1 Å². The van der Waals surface area contributed by atoms with Crippen LogP contribution < -0.4 is 9.47 Å². The lowest BCUT2D eigenvalue weighted by molar-refractivity contribution is -0.905. The van der Waals surface area contributed by atoms with Gasteiger partial charge in [-0.2, -0.15) is 26.3 Å². The second kappa shape index (κ2) is 40.1. The molecule has 1 N–H and O–H groups in total. The molecule has 0 radical (unpaired) electrons. The molecule has 8 aromatic rings. The van der Waals surface area contributed by atoms with Crippen molar-refractivity contribution in [3.63, 3.8) is 0 Å². The van der Waals surface area contributed by atoms with Gasteiger partial charge in [0.25, 0.3) is 0 Å². The minimum absolute atomic E-state index is 0.146. The molecule has 0 saturated heterocycles. The van der Waals surface area contributed by atoms with Crippen molar-refractivity contribution >= 4 is 11.6 Å². The Kier molecular flexibility index (Phi) is 36.2. The molecule has 0 atom stereocenters. The van der Waals surface area contributed by atoms with Crippen molar-refractivity contribution in [1.82, 2.24) is 4.98 Å². The van der Waals surface area contributed by atoms with Gasteiger partial charge in [0.05, 0.1) is 18.2 Å². The van der Waals surface area contributed by atoms with Gasteiger partial charge in [-0.1, -0.05) is 171 Å². The molecule has 8 rings (SSSR count). The van der Waals surface area contributed by atoms with Crippen molar-refractivity contribution in [2.24, 2.45) is 0 Å². The Labute approximate surface area is 552 Å². The Morgan fingerprint density at radius 2 is 0.739 bits per heavy atom. The van der Waals surface area contributed by atoms with Gasteiger partial charge in [0.2, 0.25) is 12.4 Å². The summed E-state index contributed by atoms with van der Waals surface area (Å²) < 4.78 is 105. The molecule has 4 nitrogen and oxygen atoms in total. The van der Waals surface area contributed by atoms with Gasteiger partial charge in [-0.25, -0.2) is 8.78 Å². The van der Waals surface area contributed by atoms with Crippen molar-refractivity contribution in [3.05, 3.63) is 264 Å². The molecule has 0 aliphatic carbocycles. The number of alkyl halides is 6. The fourth-order valence-electron chi connectivity index (χ4n) is 9.49. The van der Waals surface area contributed by atoms with Crippen LogP contribution in [0.2, 0.25) is 5.02 Å². The van der Waals surface area contributed by atoms with Gasteiger partial charge in [-0.3, -0.25) is 10.2 Å². The van der Waals surface area contributed by atoms with Crippen molar-refractivity contribution < 1.29 is 49.8 Å². The molecule has 0 fully saturated rings. The summed E-state index contributed by atoms with van der Waals surface area (Å²) in [5.41, 5.74) is 14.3. The van der Waals surface area contributed by atoms with Gasteiger partial charge < -0.3 is 4.74 Å². The highest BCUT2D eigenvalue weighted by Gasteiger charge is 2.31. The fraction of sp³-hybridized carbons (Fsp3) is 0.418. The van der Waals surface area contributed by atoms with Crippen LogP contribution in [0.15, 0.2) is 158 Å². The minimum Gasteiger partial charge on any atom is -0.497 e. The van der Waals surface area contributed by atoms with E-state index in [-0.39, 0.29) is 23.5 Å². The number of benzene rings is 6. The van der Waals surface area contributed by atoms with E-state index in [1.165, 1.54) is 57.6 Å². The first-order chi connectivity index (χ1) is 42.6. The van der Waals surface area contributed by atoms with Crippen molar-refractivity contribution in [3.8, 4) is 5.75 Å². The maximum absolute atomic E-state index is 12.6. The first-order valence-electron chi connectivity index (χ1n) is 31.5. The average Bonchev–Trinajstić information content (AvgIpc) is 1.09. The van der Waals surface area contributed by atoms with Crippen LogP contribution in [0, 0.1) is 53.2 Å². The Hall–Kier alpha value is -7.05. The van der Waals surface area contributed by atoms with E-state index >= 15 is 0 Å². The standard InChI is InChI=1S/2C11H13F3.C10H13Cl.2C10H13F.C10H14O.C9H13N.C8H12NO/c2*1-7(2)10-5-4-9(6-8(10)3)11(12,13)14;3*1-7(2)10-5-4-9(11)6-8(10)3;1-8(2)9-4-6-10(11-3)7-5-9;1-7(2)9-5-4-8(3)10-6-9;1-7(2)8-4-3-5-9(10)6-8/h2*4-7H,1-3H3;3*4-7H,1-3H3;4-8H,1-3H3;4-7H,1-3H3;3-7,10H,1-2H3/q;;;;;;;+1. The molecule has 0 amide bonds.